The Kier molecular flexibility index (Phi) is 7.20. The van der Waals surface area contributed by atoms with Crippen LogP contribution in [0.3, 0.4) is 0 Å². The first-order chi connectivity index (χ1) is 14.3. The number of halogens is 1. The van der Waals surface area contributed by atoms with Crippen molar-refractivity contribution in [2.24, 2.45) is 5.16 Å². The van der Waals surface area contributed by atoms with Gasteiger partial charge >= 0.3 is 10.3 Å². The predicted octanol–water partition coefficient (Wildman–Crippen LogP) is -1.35. The van der Waals surface area contributed by atoms with Crippen LogP contribution in [0.2, 0.25) is 0 Å². The van der Waals surface area contributed by atoms with Gasteiger partial charge in [0.25, 0.3) is 11.8 Å². The summed E-state index contributed by atoms with van der Waals surface area (Å²) in [7, 11) is -3.86. The van der Waals surface area contributed by atoms with E-state index < -0.39 is 51.3 Å². The van der Waals surface area contributed by atoms with Gasteiger partial charge in [0.1, 0.15) is 18.7 Å². The van der Waals surface area contributed by atoms with Crippen molar-refractivity contribution in [1.29, 1.82) is 0 Å². The Balaban J connectivity index is 2.31. The Morgan fingerprint density at radius 2 is 2.10 bits per heavy atom. The maximum atomic E-state index is 12.8. The van der Waals surface area contributed by atoms with Gasteiger partial charge in [-0.05, 0) is 6.92 Å². The van der Waals surface area contributed by atoms with E-state index in [4.69, 9.17) is 11.6 Å². The van der Waals surface area contributed by atoms with E-state index in [1.54, 1.807) is 0 Å². The third-order valence-electron chi connectivity index (χ3n) is 3.90. The first-order valence-electron chi connectivity index (χ1n) is 8.19. The summed E-state index contributed by atoms with van der Waals surface area (Å²) in [6, 6.07) is 0. The lowest BCUT2D eigenvalue weighted by Crippen LogP contribution is -2.84. The minimum Gasteiger partial charge on any atom is -0.398 e. The Morgan fingerprint density at radius 3 is 2.61 bits per heavy atom. The molecule has 2 unspecified atom stereocenters. The van der Waals surface area contributed by atoms with Gasteiger partial charge in [-0.3, -0.25) is 23.7 Å². The molecule has 4 amide bonds. The molecule has 2 rings (SSSR count). The number of amides is 4. The van der Waals surface area contributed by atoms with E-state index in [-0.39, 0.29) is 21.0 Å². The van der Waals surface area contributed by atoms with Crippen LogP contribution in [0.1, 0.15) is 19.5 Å². The van der Waals surface area contributed by atoms with Gasteiger partial charge in [0.05, 0.1) is 0 Å². The average molecular weight is 497 g/mol. The molecule has 0 aliphatic carbocycles. The zero-order valence-corrected chi connectivity index (χ0v) is 18.6. The third-order valence-corrected chi connectivity index (χ3v) is 5.77. The minimum atomic E-state index is -5.01. The second kappa shape index (κ2) is 9.13. The van der Waals surface area contributed by atoms with Crippen LogP contribution in [0.5, 0.6) is 0 Å². The van der Waals surface area contributed by atoms with Gasteiger partial charge in [0.2, 0.25) is 11.8 Å². The quantitative estimate of drug-likeness (QED) is 0.110. The first-order valence-corrected chi connectivity index (χ1v) is 11.0. The monoisotopic (exact) mass is 496 g/mol. The zero-order valence-electron chi connectivity index (χ0n) is 16.2. The Hall–Kier alpha value is -2.82. The molecule has 170 valence electrons. The Bertz CT molecular complexity index is 1060. The second-order valence-electron chi connectivity index (χ2n) is 6.18. The van der Waals surface area contributed by atoms with E-state index in [9.17, 15) is 32.1 Å². The summed E-state index contributed by atoms with van der Waals surface area (Å²) in [5.74, 6) is -3.79. The van der Waals surface area contributed by atoms with E-state index in [0.717, 1.165) is 32.3 Å². The summed E-state index contributed by atoms with van der Waals surface area (Å²) in [6.45, 7) is 2.20. The van der Waals surface area contributed by atoms with Gasteiger partial charge in [0, 0.05) is 12.3 Å². The van der Waals surface area contributed by atoms with Gasteiger partial charge in [-0.1, -0.05) is 5.16 Å². The molecule has 0 saturated carbocycles. The number of hydrogen-bond donors (Lipinski definition) is 4. The summed E-state index contributed by atoms with van der Waals surface area (Å²) in [4.78, 5) is 56.7. The maximum absolute atomic E-state index is 12.8. The van der Waals surface area contributed by atoms with Crippen LogP contribution in [0.4, 0.5) is 5.13 Å². The molecule has 0 aromatic carbocycles. The Morgan fingerprint density at radius 1 is 1.45 bits per heavy atom. The SMILES string of the molecule is CON=C(C(=O)NC1(C)C(=O)N(S(=O)(=O)O)C1NC(C)=O)c1csc(NC(=O)CCl)n1. The molecule has 1 aromatic rings. The number of carbonyl (C=O) groups excluding carboxylic acids is 4. The summed E-state index contributed by atoms with van der Waals surface area (Å²) < 4.78 is 32.2. The van der Waals surface area contributed by atoms with Crippen LogP contribution >= 0.6 is 22.9 Å². The summed E-state index contributed by atoms with van der Waals surface area (Å²) >= 11 is 6.36. The highest BCUT2D eigenvalue weighted by Gasteiger charge is 2.64. The molecule has 14 nitrogen and oxygen atoms in total. The molecule has 2 heterocycles. The van der Waals surface area contributed by atoms with Crippen LogP contribution in [0.15, 0.2) is 10.5 Å². The standard InChI is InChI=1S/C14H17ClN6O8S2/c1-6(22)16-11-14(2,12(25)21(11)31(26,27)28)19-10(24)9(20-29-3)7-5-30-13(17-7)18-8(23)4-15/h5,11H,4H2,1-3H3,(H,16,22)(H,19,24)(H,17,18,23)(H,26,27,28). The molecule has 0 spiro atoms. The fourth-order valence-corrected chi connectivity index (χ4v) is 4.28. The highest BCUT2D eigenvalue weighted by Crippen LogP contribution is 2.32. The van der Waals surface area contributed by atoms with Gasteiger partial charge in [-0.25, -0.2) is 4.98 Å². The fraction of sp³-hybridized carbons (Fsp3) is 0.429. The van der Waals surface area contributed by atoms with E-state index >= 15 is 0 Å². The van der Waals surface area contributed by atoms with Crippen molar-refractivity contribution < 1.29 is 37.0 Å². The first kappa shape index (κ1) is 24.4. The molecule has 1 aromatic heterocycles. The molecule has 0 radical (unpaired) electrons. The van der Waals surface area contributed by atoms with Crippen molar-refractivity contribution in [3.05, 3.63) is 11.1 Å². The molecule has 0 bridgehead atoms. The lowest BCUT2D eigenvalue weighted by molar-refractivity contribution is -0.157. The number of nitrogens with one attached hydrogen (secondary N) is 3. The number of carbonyl (C=O) groups is 4. The normalized spacial score (nSPS) is 21.2. The lowest BCUT2D eigenvalue weighted by Gasteiger charge is -2.51. The number of alkyl halides is 1. The molecule has 1 aliphatic heterocycles. The molecule has 1 fully saturated rings. The van der Waals surface area contributed by atoms with Crippen molar-refractivity contribution in [3.63, 3.8) is 0 Å². The topological polar surface area (TPSA) is 196 Å². The van der Waals surface area contributed by atoms with Crippen molar-refractivity contribution in [2.45, 2.75) is 25.6 Å². The van der Waals surface area contributed by atoms with Crippen LogP contribution in [0, 0.1) is 0 Å². The molecule has 1 saturated heterocycles. The van der Waals surface area contributed by atoms with Crippen molar-refractivity contribution in [3.8, 4) is 0 Å². The van der Waals surface area contributed by atoms with E-state index in [1.807, 2.05) is 0 Å². The largest absolute Gasteiger partial charge is 0.398 e. The summed E-state index contributed by atoms with van der Waals surface area (Å²) in [6.07, 6.45) is -1.60. The average Bonchev–Trinajstić information content (AvgIpc) is 3.11. The predicted molar refractivity (Wildman–Crippen MR) is 108 cm³/mol. The molecule has 31 heavy (non-hydrogen) atoms. The van der Waals surface area contributed by atoms with Crippen LogP contribution in [0.25, 0.3) is 0 Å². The molecule has 4 N–H and O–H groups in total. The van der Waals surface area contributed by atoms with Crippen molar-refractivity contribution >= 4 is 67.7 Å². The van der Waals surface area contributed by atoms with Crippen LogP contribution in [-0.2, 0) is 34.3 Å². The summed E-state index contributed by atoms with van der Waals surface area (Å²) in [5.41, 5.74) is -2.39. The van der Waals surface area contributed by atoms with Gasteiger partial charge in [-0.2, -0.15) is 12.7 Å². The number of rotatable bonds is 8. The molecule has 17 heteroatoms. The lowest BCUT2D eigenvalue weighted by atomic mass is 9.88. The van der Waals surface area contributed by atoms with E-state index in [0.29, 0.717) is 0 Å². The number of oxime groups is 1. The Labute approximate surface area is 184 Å². The number of anilines is 1. The van der Waals surface area contributed by atoms with Crippen LogP contribution < -0.4 is 16.0 Å². The van der Waals surface area contributed by atoms with Gasteiger partial charge < -0.3 is 20.8 Å². The number of hydrogen-bond acceptors (Lipinski definition) is 10. The molecular formula is C14H17ClN6O8S2. The third kappa shape index (κ3) is 5.09. The van der Waals surface area contributed by atoms with E-state index in [1.165, 1.54) is 5.38 Å². The molecule has 2 atom stereocenters. The van der Waals surface area contributed by atoms with E-state index in [2.05, 4.69) is 30.9 Å². The van der Waals surface area contributed by atoms with Gasteiger partial charge in [-0.15, -0.1) is 22.9 Å². The van der Waals surface area contributed by atoms with Crippen molar-refractivity contribution in [2.75, 3.05) is 18.3 Å². The maximum Gasteiger partial charge on any atom is 0.364 e. The van der Waals surface area contributed by atoms with Crippen LogP contribution in [-0.4, -0.2) is 76.3 Å². The highest BCUT2D eigenvalue weighted by molar-refractivity contribution is 7.84. The second-order valence-corrected chi connectivity index (χ2v) is 8.59. The zero-order chi connectivity index (χ0) is 23.6. The minimum absolute atomic E-state index is 0.0183. The smallest absolute Gasteiger partial charge is 0.364 e. The molecular weight excluding hydrogens is 480 g/mol. The van der Waals surface area contributed by atoms with Gasteiger partial charge in [0.15, 0.2) is 22.5 Å². The summed E-state index contributed by atoms with van der Waals surface area (Å²) in [5, 5.41) is 11.9. The van der Waals surface area contributed by atoms with Crippen molar-refractivity contribution in [1.82, 2.24) is 19.9 Å². The highest BCUT2D eigenvalue weighted by atomic mass is 35.5. The number of aromatic nitrogens is 1. The molecule has 1 aliphatic rings. The fourth-order valence-electron chi connectivity index (χ4n) is 2.57. The number of thiazole rings is 1. The number of β-lactam (4-membered cyclic amide) rings is 1. The number of nitrogens with zero attached hydrogens (tertiary/aromatic N) is 3.